The molecule has 0 unspecified atom stereocenters. The first-order valence-corrected chi connectivity index (χ1v) is 6.28. The number of nitrogens with two attached hydrogens (primary N) is 1. The molecule has 6 heteroatoms. The van der Waals surface area contributed by atoms with E-state index in [9.17, 15) is 4.79 Å². The van der Waals surface area contributed by atoms with Crippen LogP contribution >= 0.6 is 0 Å². The summed E-state index contributed by atoms with van der Waals surface area (Å²) in [4.78, 5) is 11.5. The number of carbonyl (C=O) groups is 1. The van der Waals surface area contributed by atoms with Gasteiger partial charge in [0, 0.05) is 0 Å². The van der Waals surface area contributed by atoms with Gasteiger partial charge in [-0.2, -0.15) is 5.26 Å². The lowest BCUT2D eigenvalue weighted by Crippen LogP contribution is -2.30. The number of nitrogens with one attached hydrogen (secondary N) is 1. The highest BCUT2D eigenvalue weighted by Gasteiger charge is 2.15. The highest BCUT2D eigenvalue weighted by molar-refractivity contribution is 5.94. The molecule has 0 saturated heterocycles. The van der Waals surface area contributed by atoms with Crippen LogP contribution in [0.1, 0.15) is 32.8 Å². The smallest absolute Gasteiger partial charge is 0.268 e. The van der Waals surface area contributed by atoms with E-state index in [0.717, 1.165) is 11.1 Å². The van der Waals surface area contributed by atoms with E-state index in [2.05, 4.69) is 11.5 Å². The van der Waals surface area contributed by atoms with E-state index in [1.54, 1.807) is 12.1 Å². The fraction of sp³-hybridized carbons (Fsp3) is 0.200. The first-order chi connectivity index (χ1) is 10.1. The number of carbonyl (C=O) groups excluding carboxylic acids is 1. The number of benzene rings is 1. The number of amides is 1. The van der Waals surface area contributed by atoms with Gasteiger partial charge in [0.25, 0.3) is 5.91 Å². The SMILES string of the molecule is Cc1cc(C#N)cc(C)c1OCc1occc1C(=O)NN. The van der Waals surface area contributed by atoms with Crippen LogP contribution < -0.4 is 16.0 Å². The van der Waals surface area contributed by atoms with Crippen molar-refractivity contribution in [1.29, 1.82) is 5.26 Å². The van der Waals surface area contributed by atoms with E-state index < -0.39 is 5.91 Å². The predicted octanol–water partition coefficient (Wildman–Crippen LogP) is 1.95. The Bertz CT molecular complexity index is 690. The Morgan fingerprint density at radius 1 is 1.43 bits per heavy atom. The fourth-order valence-corrected chi connectivity index (χ4v) is 2.11. The van der Waals surface area contributed by atoms with Crippen molar-refractivity contribution >= 4 is 5.91 Å². The highest BCUT2D eigenvalue weighted by atomic mass is 16.5. The van der Waals surface area contributed by atoms with Crippen LogP contribution in [0, 0.1) is 25.2 Å². The summed E-state index contributed by atoms with van der Waals surface area (Å²) in [5, 5.41) is 8.92. The van der Waals surface area contributed by atoms with Crippen molar-refractivity contribution in [1.82, 2.24) is 5.43 Å². The van der Waals surface area contributed by atoms with E-state index in [0.29, 0.717) is 22.6 Å². The van der Waals surface area contributed by atoms with Crippen molar-refractivity contribution in [3.63, 3.8) is 0 Å². The zero-order valence-corrected chi connectivity index (χ0v) is 11.8. The number of nitrogen functional groups attached to an aromatic ring is 1. The minimum atomic E-state index is -0.435. The molecular formula is C15H15N3O3. The molecule has 21 heavy (non-hydrogen) atoms. The van der Waals surface area contributed by atoms with Gasteiger partial charge < -0.3 is 9.15 Å². The Hall–Kier alpha value is -2.78. The van der Waals surface area contributed by atoms with Crippen LogP contribution in [0.5, 0.6) is 5.75 Å². The zero-order valence-electron chi connectivity index (χ0n) is 11.8. The summed E-state index contributed by atoms with van der Waals surface area (Å²) < 4.78 is 11.0. The summed E-state index contributed by atoms with van der Waals surface area (Å²) in [6.45, 7) is 3.82. The summed E-state index contributed by atoms with van der Waals surface area (Å²) in [6, 6.07) is 7.12. The van der Waals surface area contributed by atoms with Crippen molar-refractivity contribution in [2.24, 2.45) is 5.84 Å². The van der Waals surface area contributed by atoms with Crippen LogP contribution in [0.25, 0.3) is 0 Å². The van der Waals surface area contributed by atoms with Crippen LogP contribution in [-0.4, -0.2) is 5.91 Å². The maximum atomic E-state index is 11.5. The molecule has 0 fully saturated rings. The quantitative estimate of drug-likeness (QED) is 0.508. The topological polar surface area (TPSA) is 101 Å². The fourth-order valence-electron chi connectivity index (χ4n) is 2.11. The molecule has 0 aliphatic heterocycles. The van der Waals surface area contributed by atoms with Gasteiger partial charge in [0.15, 0.2) is 5.76 Å². The molecule has 6 nitrogen and oxygen atoms in total. The second-order valence-corrected chi connectivity index (χ2v) is 4.57. The number of nitrogens with zero attached hydrogens (tertiary/aromatic N) is 1. The third-order valence-corrected chi connectivity index (χ3v) is 3.06. The minimum absolute atomic E-state index is 0.101. The number of aryl methyl sites for hydroxylation is 2. The van der Waals surface area contributed by atoms with E-state index in [-0.39, 0.29) is 6.61 Å². The Kier molecular flexibility index (Phi) is 4.26. The zero-order chi connectivity index (χ0) is 15.4. The van der Waals surface area contributed by atoms with Gasteiger partial charge >= 0.3 is 0 Å². The molecule has 3 N–H and O–H groups in total. The normalized spacial score (nSPS) is 10.0. The second kappa shape index (κ2) is 6.11. The summed E-state index contributed by atoms with van der Waals surface area (Å²) in [5.74, 6) is 5.73. The average Bonchev–Trinajstić information content (AvgIpc) is 2.93. The van der Waals surface area contributed by atoms with E-state index in [4.69, 9.17) is 20.3 Å². The standard InChI is InChI=1S/C15H15N3O3/c1-9-5-11(7-16)6-10(2)14(9)21-8-13-12(3-4-20-13)15(19)18-17/h3-6H,8,17H2,1-2H3,(H,18,19). The third-order valence-electron chi connectivity index (χ3n) is 3.06. The molecule has 0 radical (unpaired) electrons. The van der Waals surface area contributed by atoms with Crippen molar-refractivity contribution in [2.75, 3.05) is 0 Å². The maximum Gasteiger partial charge on any atom is 0.268 e. The molecular weight excluding hydrogens is 270 g/mol. The lowest BCUT2D eigenvalue weighted by atomic mass is 10.1. The molecule has 0 spiro atoms. The lowest BCUT2D eigenvalue weighted by molar-refractivity contribution is 0.0949. The van der Waals surface area contributed by atoms with Crippen molar-refractivity contribution in [3.05, 3.63) is 52.5 Å². The van der Waals surface area contributed by atoms with Crippen molar-refractivity contribution in [2.45, 2.75) is 20.5 Å². The second-order valence-electron chi connectivity index (χ2n) is 4.57. The van der Waals surface area contributed by atoms with Gasteiger partial charge in [-0.05, 0) is 43.2 Å². The number of nitriles is 1. The van der Waals surface area contributed by atoms with Gasteiger partial charge in [0.1, 0.15) is 12.4 Å². The molecule has 0 aliphatic rings. The molecule has 2 aromatic rings. The molecule has 0 bridgehead atoms. The molecule has 2 rings (SSSR count). The van der Waals surface area contributed by atoms with Gasteiger partial charge in [-0.1, -0.05) is 0 Å². The van der Waals surface area contributed by atoms with Gasteiger partial charge in [0.05, 0.1) is 23.5 Å². The lowest BCUT2D eigenvalue weighted by Gasteiger charge is -2.12. The number of hydrogen-bond acceptors (Lipinski definition) is 5. The highest BCUT2D eigenvalue weighted by Crippen LogP contribution is 2.26. The summed E-state index contributed by atoms with van der Waals surface area (Å²) in [6.07, 6.45) is 1.40. The molecule has 1 aromatic heterocycles. The summed E-state index contributed by atoms with van der Waals surface area (Å²) in [7, 11) is 0. The molecule has 1 amide bonds. The van der Waals surface area contributed by atoms with Gasteiger partial charge in [-0.3, -0.25) is 10.2 Å². The monoisotopic (exact) mass is 285 g/mol. The van der Waals surface area contributed by atoms with E-state index in [1.807, 2.05) is 13.8 Å². The van der Waals surface area contributed by atoms with Gasteiger partial charge in [0.2, 0.25) is 0 Å². The number of furan rings is 1. The molecule has 0 aliphatic carbocycles. The molecule has 108 valence electrons. The number of rotatable bonds is 4. The first-order valence-electron chi connectivity index (χ1n) is 6.28. The van der Waals surface area contributed by atoms with Crippen LogP contribution in [0.3, 0.4) is 0 Å². The number of hydrogen-bond donors (Lipinski definition) is 2. The van der Waals surface area contributed by atoms with E-state index >= 15 is 0 Å². The number of hydrazine groups is 1. The first kappa shape index (κ1) is 14.6. The Morgan fingerprint density at radius 3 is 2.67 bits per heavy atom. The minimum Gasteiger partial charge on any atom is -0.485 e. The Labute approximate surface area is 122 Å². The van der Waals surface area contributed by atoms with Crippen molar-refractivity contribution < 1.29 is 13.9 Å². The molecule has 0 atom stereocenters. The molecule has 1 heterocycles. The Balaban J connectivity index is 2.20. The summed E-state index contributed by atoms with van der Waals surface area (Å²) in [5.41, 5.74) is 4.67. The van der Waals surface area contributed by atoms with Crippen LogP contribution in [0.2, 0.25) is 0 Å². The maximum absolute atomic E-state index is 11.5. The average molecular weight is 285 g/mol. The van der Waals surface area contributed by atoms with Crippen LogP contribution in [-0.2, 0) is 6.61 Å². The van der Waals surface area contributed by atoms with Crippen LogP contribution in [0.15, 0.2) is 28.9 Å². The van der Waals surface area contributed by atoms with Gasteiger partial charge in [-0.15, -0.1) is 0 Å². The largest absolute Gasteiger partial charge is 0.485 e. The van der Waals surface area contributed by atoms with E-state index in [1.165, 1.54) is 12.3 Å². The summed E-state index contributed by atoms with van der Waals surface area (Å²) >= 11 is 0. The molecule has 0 saturated carbocycles. The molecule has 1 aromatic carbocycles. The Morgan fingerprint density at radius 2 is 2.10 bits per heavy atom. The predicted molar refractivity (Wildman–Crippen MR) is 75.3 cm³/mol. The van der Waals surface area contributed by atoms with Crippen LogP contribution in [0.4, 0.5) is 0 Å². The van der Waals surface area contributed by atoms with Gasteiger partial charge in [-0.25, -0.2) is 5.84 Å². The third kappa shape index (κ3) is 3.04. The van der Waals surface area contributed by atoms with Crippen molar-refractivity contribution in [3.8, 4) is 11.8 Å². The number of ether oxygens (including phenoxy) is 1.